The van der Waals surface area contributed by atoms with Crippen LogP contribution < -0.4 is 0 Å². The highest BCUT2D eigenvalue weighted by molar-refractivity contribution is 5.73. The van der Waals surface area contributed by atoms with Crippen molar-refractivity contribution < 1.29 is 4.63 Å². The molecule has 4 rings (SSSR count). The minimum absolute atomic E-state index is 0.612. The van der Waals surface area contributed by atoms with Crippen LogP contribution in [0.3, 0.4) is 0 Å². The monoisotopic (exact) mass is 295 g/mol. The lowest BCUT2D eigenvalue weighted by atomic mass is 10.2. The van der Waals surface area contributed by atoms with Crippen LogP contribution in [0, 0.1) is 0 Å². The number of hydrogen-bond acceptors (Lipinski definition) is 7. The van der Waals surface area contributed by atoms with Gasteiger partial charge in [-0.2, -0.15) is 4.98 Å². The Bertz CT molecular complexity index is 892. The van der Waals surface area contributed by atoms with E-state index >= 15 is 0 Å². The summed E-state index contributed by atoms with van der Waals surface area (Å²) in [4.78, 5) is 10.7. The van der Waals surface area contributed by atoms with Gasteiger partial charge in [-0.3, -0.25) is 4.90 Å². The third-order valence-electron chi connectivity index (χ3n) is 3.34. The third kappa shape index (κ3) is 2.40. The lowest BCUT2D eigenvalue weighted by molar-refractivity contribution is 0.310. The summed E-state index contributed by atoms with van der Waals surface area (Å²) in [5.41, 5.74) is 2.66. The van der Waals surface area contributed by atoms with Gasteiger partial charge in [-0.1, -0.05) is 6.07 Å². The number of nitrogens with zero attached hydrogens (tertiary/aromatic N) is 7. The highest BCUT2D eigenvalue weighted by Crippen LogP contribution is 2.13. The Kier molecular flexibility index (Phi) is 3.01. The molecular weight excluding hydrogens is 282 g/mol. The van der Waals surface area contributed by atoms with E-state index in [9.17, 15) is 0 Å². The molecule has 0 bridgehead atoms. The zero-order valence-corrected chi connectivity index (χ0v) is 11.9. The second kappa shape index (κ2) is 5.15. The molecule has 0 saturated carbocycles. The van der Waals surface area contributed by atoms with E-state index in [1.165, 1.54) is 0 Å². The maximum absolute atomic E-state index is 4.71. The average molecular weight is 295 g/mol. The van der Waals surface area contributed by atoms with Crippen LogP contribution in [0.15, 0.2) is 41.3 Å². The van der Waals surface area contributed by atoms with Crippen molar-refractivity contribution in [3.63, 3.8) is 0 Å². The van der Waals surface area contributed by atoms with Crippen molar-refractivity contribution in [3.8, 4) is 0 Å². The van der Waals surface area contributed by atoms with Crippen molar-refractivity contribution in [2.45, 2.75) is 13.1 Å². The van der Waals surface area contributed by atoms with Crippen LogP contribution >= 0.6 is 0 Å². The van der Waals surface area contributed by atoms with Gasteiger partial charge >= 0.3 is 0 Å². The standard InChI is InChI=1S/C14H13N7O/c1-20(8-10-3-4-11-12(7-10)19-22-18-11)9-13-16-14-15-5-2-6-21(14)17-13/h2-7H,8-9H2,1H3. The molecule has 0 amide bonds. The fraction of sp³-hybridized carbons (Fsp3) is 0.214. The molecule has 8 heteroatoms. The van der Waals surface area contributed by atoms with E-state index in [0.717, 1.165) is 29.0 Å². The van der Waals surface area contributed by atoms with Crippen LogP contribution in [-0.4, -0.2) is 41.8 Å². The predicted molar refractivity (Wildman–Crippen MR) is 77.8 cm³/mol. The highest BCUT2D eigenvalue weighted by Gasteiger charge is 2.09. The van der Waals surface area contributed by atoms with Crippen molar-refractivity contribution in [2.75, 3.05) is 7.05 Å². The summed E-state index contributed by atoms with van der Waals surface area (Å²) in [6.45, 7) is 1.39. The summed E-state index contributed by atoms with van der Waals surface area (Å²) in [6.07, 6.45) is 3.54. The van der Waals surface area contributed by atoms with Gasteiger partial charge in [-0.15, -0.1) is 5.10 Å². The second-order valence-electron chi connectivity index (χ2n) is 5.15. The van der Waals surface area contributed by atoms with E-state index in [1.807, 2.05) is 37.5 Å². The molecule has 0 spiro atoms. The SMILES string of the molecule is CN(Cc1ccc2nonc2c1)Cc1nc2ncccn2n1. The molecule has 110 valence electrons. The third-order valence-corrected chi connectivity index (χ3v) is 3.34. The molecule has 0 aliphatic heterocycles. The van der Waals surface area contributed by atoms with Gasteiger partial charge in [0, 0.05) is 18.9 Å². The molecule has 4 aromatic rings. The normalized spacial score (nSPS) is 11.7. The van der Waals surface area contributed by atoms with Crippen molar-refractivity contribution >= 4 is 16.8 Å². The highest BCUT2D eigenvalue weighted by atomic mass is 16.6. The van der Waals surface area contributed by atoms with Gasteiger partial charge < -0.3 is 0 Å². The molecular formula is C14H13N7O. The Hall–Kier alpha value is -2.87. The number of aromatic nitrogens is 6. The summed E-state index contributed by atoms with van der Waals surface area (Å²) in [6, 6.07) is 7.72. The van der Waals surface area contributed by atoms with Gasteiger partial charge in [0.05, 0.1) is 6.54 Å². The molecule has 0 N–H and O–H groups in total. The molecule has 0 aliphatic rings. The molecule has 3 heterocycles. The summed E-state index contributed by atoms with van der Waals surface area (Å²) in [5, 5.41) is 12.1. The molecule has 8 nitrogen and oxygen atoms in total. The van der Waals surface area contributed by atoms with E-state index in [0.29, 0.717) is 12.3 Å². The van der Waals surface area contributed by atoms with E-state index in [4.69, 9.17) is 4.63 Å². The van der Waals surface area contributed by atoms with E-state index in [1.54, 1.807) is 10.7 Å². The Morgan fingerprint density at radius 1 is 1.18 bits per heavy atom. The smallest absolute Gasteiger partial charge is 0.252 e. The van der Waals surface area contributed by atoms with Crippen molar-refractivity contribution in [1.29, 1.82) is 0 Å². The van der Waals surface area contributed by atoms with Gasteiger partial charge in [0.1, 0.15) is 11.0 Å². The number of benzene rings is 1. The summed E-state index contributed by atoms with van der Waals surface area (Å²) in [7, 11) is 2.02. The van der Waals surface area contributed by atoms with Gasteiger partial charge in [0.2, 0.25) is 0 Å². The van der Waals surface area contributed by atoms with E-state index in [-0.39, 0.29) is 0 Å². The Labute approximate surface area is 125 Å². The minimum atomic E-state index is 0.612. The minimum Gasteiger partial charge on any atom is -0.295 e. The maximum Gasteiger partial charge on any atom is 0.252 e. The lowest BCUT2D eigenvalue weighted by Gasteiger charge is -2.14. The molecule has 22 heavy (non-hydrogen) atoms. The van der Waals surface area contributed by atoms with Crippen molar-refractivity contribution in [3.05, 3.63) is 48.0 Å². The fourth-order valence-electron chi connectivity index (χ4n) is 2.38. The number of hydrogen-bond donors (Lipinski definition) is 0. The van der Waals surface area contributed by atoms with Gasteiger partial charge in [-0.05, 0) is 41.1 Å². The Balaban J connectivity index is 1.50. The zero-order valence-electron chi connectivity index (χ0n) is 11.9. The molecule has 0 fully saturated rings. The first-order valence-corrected chi connectivity index (χ1v) is 6.84. The average Bonchev–Trinajstić information content (AvgIpc) is 3.11. The molecule has 0 saturated heterocycles. The summed E-state index contributed by atoms with van der Waals surface area (Å²) >= 11 is 0. The van der Waals surface area contributed by atoms with Crippen LogP contribution in [0.1, 0.15) is 11.4 Å². The van der Waals surface area contributed by atoms with Crippen molar-refractivity contribution in [2.24, 2.45) is 0 Å². The number of fused-ring (bicyclic) bond motifs is 2. The van der Waals surface area contributed by atoms with Crippen LogP contribution in [0.4, 0.5) is 0 Å². The molecule has 3 aromatic heterocycles. The molecule has 0 atom stereocenters. The molecule has 0 aliphatic carbocycles. The number of rotatable bonds is 4. The largest absolute Gasteiger partial charge is 0.295 e. The predicted octanol–water partition coefficient (Wildman–Crippen LogP) is 1.29. The zero-order chi connectivity index (χ0) is 14.9. The van der Waals surface area contributed by atoms with E-state index in [2.05, 4.69) is 30.3 Å². The fourth-order valence-corrected chi connectivity index (χ4v) is 2.38. The van der Waals surface area contributed by atoms with Crippen LogP contribution in [0.25, 0.3) is 16.8 Å². The maximum atomic E-state index is 4.71. The van der Waals surface area contributed by atoms with E-state index < -0.39 is 0 Å². The Morgan fingerprint density at radius 3 is 3.00 bits per heavy atom. The molecule has 0 unspecified atom stereocenters. The summed E-state index contributed by atoms with van der Waals surface area (Å²) in [5.74, 6) is 1.35. The molecule has 0 radical (unpaired) electrons. The first-order chi connectivity index (χ1) is 10.8. The quantitative estimate of drug-likeness (QED) is 0.560. The van der Waals surface area contributed by atoms with Gasteiger partial charge in [0.25, 0.3) is 5.78 Å². The van der Waals surface area contributed by atoms with Gasteiger partial charge in [-0.25, -0.2) is 14.1 Å². The lowest BCUT2D eigenvalue weighted by Crippen LogP contribution is -2.18. The Morgan fingerprint density at radius 2 is 2.09 bits per heavy atom. The van der Waals surface area contributed by atoms with Gasteiger partial charge in [0.15, 0.2) is 5.82 Å². The first-order valence-electron chi connectivity index (χ1n) is 6.84. The summed E-state index contributed by atoms with van der Waals surface area (Å²) < 4.78 is 6.39. The van der Waals surface area contributed by atoms with Crippen LogP contribution in [-0.2, 0) is 13.1 Å². The molecule has 1 aromatic carbocycles. The van der Waals surface area contributed by atoms with Crippen LogP contribution in [0.2, 0.25) is 0 Å². The topological polar surface area (TPSA) is 85.2 Å². The first kappa shape index (κ1) is 12.8. The second-order valence-corrected chi connectivity index (χ2v) is 5.15. The van der Waals surface area contributed by atoms with Crippen LogP contribution in [0.5, 0.6) is 0 Å². The van der Waals surface area contributed by atoms with Crippen molar-refractivity contribution in [1.82, 2.24) is 34.8 Å².